The van der Waals surface area contributed by atoms with Gasteiger partial charge in [0.25, 0.3) is 0 Å². The average molecular weight is 285 g/mol. The molecule has 0 saturated heterocycles. The standard InChI is InChI=1S/C15H19N5O/c1-4-16-13-10-20-8-7-17-14(20)15(18-13)19(3)9-12-6-5-11(2)21-12/h5-8,10,16H,4,9H2,1-3H3. The molecule has 0 unspecified atom stereocenters. The zero-order valence-electron chi connectivity index (χ0n) is 12.5. The van der Waals surface area contributed by atoms with Gasteiger partial charge in [-0.1, -0.05) is 0 Å². The molecule has 0 radical (unpaired) electrons. The van der Waals surface area contributed by atoms with Crippen LogP contribution in [0.3, 0.4) is 0 Å². The van der Waals surface area contributed by atoms with Gasteiger partial charge in [-0.05, 0) is 26.0 Å². The summed E-state index contributed by atoms with van der Waals surface area (Å²) in [5.74, 6) is 3.49. The van der Waals surface area contributed by atoms with Crippen molar-refractivity contribution in [3.8, 4) is 0 Å². The van der Waals surface area contributed by atoms with E-state index >= 15 is 0 Å². The second-order valence-corrected chi connectivity index (χ2v) is 5.01. The van der Waals surface area contributed by atoms with Crippen LogP contribution >= 0.6 is 0 Å². The Labute approximate surface area is 123 Å². The van der Waals surface area contributed by atoms with E-state index in [9.17, 15) is 0 Å². The van der Waals surface area contributed by atoms with Crippen LogP contribution in [0, 0.1) is 6.92 Å². The highest BCUT2D eigenvalue weighted by atomic mass is 16.3. The first-order valence-corrected chi connectivity index (χ1v) is 7.01. The second kappa shape index (κ2) is 5.47. The van der Waals surface area contributed by atoms with E-state index < -0.39 is 0 Å². The lowest BCUT2D eigenvalue weighted by atomic mass is 10.4. The van der Waals surface area contributed by atoms with Crippen LogP contribution in [0.1, 0.15) is 18.4 Å². The molecule has 3 aromatic rings. The lowest BCUT2D eigenvalue weighted by Crippen LogP contribution is -2.19. The van der Waals surface area contributed by atoms with Gasteiger partial charge in [0, 0.05) is 26.0 Å². The summed E-state index contributed by atoms with van der Waals surface area (Å²) in [6, 6.07) is 3.96. The van der Waals surface area contributed by atoms with Crippen molar-refractivity contribution in [1.29, 1.82) is 0 Å². The minimum absolute atomic E-state index is 0.652. The van der Waals surface area contributed by atoms with Gasteiger partial charge in [-0.15, -0.1) is 0 Å². The molecule has 1 N–H and O–H groups in total. The summed E-state index contributed by atoms with van der Waals surface area (Å²) in [6.45, 7) is 5.47. The number of imidazole rings is 1. The largest absolute Gasteiger partial charge is 0.464 e. The fourth-order valence-electron chi connectivity index (χ4n) is 2.32. The lowest BCUT2D eigenvalue weighted by Gasteiger charge is -2.18. The number of aryl methyl sites for hydroxylation is 1. The lowest BCUT2D eigenvalue weighted by molar-refractivity contribution is 0.481. The van der Waals surface area contributed by atoms with Crippen molar-refractivity contribution in [1.82, 2.24) is 14.4 Å². The van der Waals surface area contributed by atoms with Crippen LogP contribution in [0.25, 0.3) is 5.65 Å². The molecule has 0 amide bonds. The van der Waals surface area contributed by atoms with Gasteiger partial charge >= 0.3 is 0 Å². The predicted molar refractivity (Wildman–Crippen MR) is 82.7 cm³/mol. The first-order valence-electron chi connectivity index (χ1n) is 7.01. The number of fused-ring (bicyclic) bond motifs is 1. The third-order valence-corrected chi connectivity index (χ3v) is 3.26. The molecule has 3 rings (SSSR count). The summed E-state index contributed by atoms with van der Waals surface area (Å²) < 4.78 is 7.61. The highest BCUT2D eigenvalue weighted by Gasteiger charge is 2.13. The van der Waals surface area contributed by atoms with Crippen molar-refractivity contribution in [2.75, 3.05) is 23.8 Å². The smallest absolute Gasteiger partial charge is 0.180 e. The van der Waals surface area contributed by atoms with Gasteiger partial charge < -0.3 is 19.0 Å². The van der Waals surface area contributed by atoms with Gasteiger partial charge in [-0.25, -0.2) is 9.97 Å². The number of furan rings is 1. The number of anilines is 2. The first kappa shape index (κ1) is 13.5. The maximum absolute atomic E-state index is 5.63. The quantitative estimate of drug-likeness (QED) is 0.781. The molecule has 0 bridgehead atoms. The summed E-state index contributed by atoms with van der Waals surface area (Å²) in [4.78, 5) is 11.1. The van der Waals surface area contributed by atoms with Crippen molar-refractivity contribution in [3.63, 3.8) is 0 Å². The molecule has 6 heteroatoms. The molecule has 6 nitrogen and oxygen atoms in total. The van der Waals surface area contributed by atoms with Crippen LogP contribution in [-0.4, -0.2) is 28.0 Å². The van der Waals surface area contributed by atoms with Gasteiger partial charge in [0.05, 0.1) is 12.7 Å². The minimum atomic E-state index is 0.652. The van der Waals surface area contributed by atoms with Crippen LogP contribution in [0.15, 0.2) is 35.1 Å². The van der Waals surface area contributed by atoms with Gasteiger partial charge in [0.15, 0.2) is 11.5 Å². The van der Waals surface area contributed by atoms with Crippen LogP contribution in [0.2, 0.25) is 0 Å². The van der Waals surface area contributed by atoms with Crippen LogP contribution < -0.4 is 10.2 Å². The van der Waals surface area contributed by atoms with Crippen molar-refractivity contribution < 1.29 is 4.42 Å². The molecular formula is C15H19N5O. The molecule has 0 aliphatic heterocycles. The summed E-state index contributed by atoms with van der Waals surface area (Å²) >= 11 is 0. The first-order chi connectivity index (χ1) is 10.2. The minimum Gasteiger partial charge on any atom is -0.464 e. The zero-order chi connectivity index (χ0) is 14.8. The van der Waals surface area contributed by atoms with Crippen LogP contribution in [0.5, 0.6) is 0 Å². The number of hydrogen-bond acceptors (Lipinski definition) is 5. The van der Waals surface area contributed by atoms with E-state index in [0.29, 0.717) is 6.54 Å². The monoisotopic (exact) mass is 285 g/mol. The van der Waals surface area contributed by atoms with Gasteiger partial charge in [0.1, 0.15) is 17.3 Å². The molecule has 0 atom stereocenters. The molecule has 0 spiro atoms. The van der Waals surface area contributed by atoms with Gasteiger partial charge in [0.2, 0.25) is 0 Å². The molecule has 3 aromatic heterocycles. The fourth-order valence-corrected chi connectivity index (χ4v) is 2.32. The van der Waals surface area contributed by atoms with Crippen molar-refractivity contribution in [2.24, 2.45) is 0 Å². The predicted octanol–water partition coefficient (Wildman–Crippen LogP) is 2.70. The van der Waals surface area contributed by atoms with E-state index in [1.54, 1.807) is 6.20 Å². The maximum atomic E-state index is 5.63. The van der Waals surface area contributed by atoms with Crippen LogP contribution in [0.4, 0.5) is 11.6 Å². The third kappa shape index (κ3) is 2.69. The normalized spacial score (nSPS) is 11.0. The molecule has 3 heterocycles. The van der Waals surface area contributed by atoms with E-state index in [2.05, 4.69) is 22.2 Å². The number of aromatic nitrogens is 3. The third-order valence-electron chi connectivity index (χ3n) is 3.26. The number of nitrogens with one attached hydrogen (secondary N) is 1. The summed E-state index contributed by atoms with van der Waals surface area (Å²) in [5.41, 5.74) is 0.836. The fraction of sp³-hybridized carbons (Fsp3) is 0.333. The van der Waals surface area contributed by atoms with Gasteiger partial charge in [-0.2, -0.15) is 0 Å². The van der Waals surface area contributed by atoms with Crippen molar-refractivity contribution in [3.05, 3.63) is 42.2 Å². The molecule has 0 aromatic carbocycles. The molecule has 0 aliphatic rings. The summed E-state index contributed by atoms with van der Waals surface area (Å²) in [6.07, 6.45) is 5.65. The molecule has 0 aliphatic carbocycles. The summed E-state index contributed by atoms with van der Waals surface area (Å²) in [5, 5.41) is 3.24. The molecule has 21 heavy (non-hydrogen) atoms. The Hall–Kier alpha value is -2.50. The molecule has 0 saturated carbocycles. The van der Waals surface area contributed by atoms with Crippen LogP contribution in [-0.2, 0) is 6.54 Å². The van der Waals surface area contributed by atoms with E-state index in [1.165, 1.54) is 0 Å². The highest BCUT2D eigenvalue weighted by molar-refractivity contribution is 5.66. The summed E-state index contributed by atoms with van der Waals surface area (Å²) in [7, 11) is 1.99. The topological polar surface area (TPSA) is 58.6 Å². The average Bonchev–Trinajstić information content (AvgIpc) is 3.07. The van der Waals surface area contributed by atoms with E-state index in [4.69, 9.17) is 4.42 Å². The van der Waals surface area contributed by atoms with Gasteiger partial charge in [-0.3, -0.25) is 0 Å². The van der Waals surface area contributed by atoms with E-state index in [1.807, 2.05) is 47.8 Å². The van der Waals surface area contributed by atoms with E-state index in [0.717, 1.165) is 35.3 Å². The maximum Gasteiger partial charge on any atom is 0.180 e. The van der Waals surface area contributed by atoms with Crippen molar-refractivity contribution >= 4 is 17.3 Å². The Morgan fingerprint density at radius 3 is 2.95 bits per heavy atom. The number of nitrogens with zero attached hydrogens (tertiary/aromatic N) is 4. The van der Waals surface area contributed by atoms with Crippen molar-refractivity contribution in [2.45, 2.75) is 20.4 Å². The molecule has 110 valence electrons. The highest BCUT2D eigenvalue weighted by Crippen LogP contribution is 2.21. The Morgan fingerprint density at radius 2 is 2.24 bits per heavy atom. The Morgan fingerprint density at radius 1 is 1.38 bits per heavy atom. The Bertz CT molecular complexity index is 745. The Balaban J connectivity index is 1.95. The zero-order valence-corrected chi connectivity index (χ0v) is 12.5. The SMILES string of the molecule is CCNc1cn2ccnc2c(N(C)Cc2ccc(C)o2)n1. The Kier molecular flexibility index (Phi) is 3.51. The molecule has 0 fully saturated rings. The second-order valence-electron chi connectivity index (χ2n) is 5.01. The number of rotatable bonds is 5. The van der Waals surface area contributed by atoms with E-state index in [-0.39, 0.29) is 0 Å². The number of hydrogen-bond donors (Lipinski definition) is 1. The molecular weight excluding hydrogens is 266 g/mol.